The molecule has 18 heavy (non-hydrogen) atoms. The Morgan fingerprint density at radius 1 is 1.33 bits per heavy atom. The van der Waals surface area contributed by atoms with Crippen molar-refractivity contribution < 1.29 is 4.79 Å². The summed E-state index contributed by atoms with van der Waals surface area (Å²) in [5.41, 5.74) is -1.09. The highest BCUT2D eigenvalue weighted by molar-refractivity contribution is 5.93. The number of nitrogens with zero attached hydrogens (tertiary/aromatic N) is 1. The van der Waals surface area contributed by atoms with Crippen LogP contribution in [-0.4, -0.2) is 21.5 Å². The van der Waals surface area contributed by atoms with Crippen LogP contribution in [0.4, 0.5) is 0 Å². The van der Waals surface area contributed by atoms with E-state index in [0.29, 0.717) is 0 Å². The van der Waals surface area contributed by atoms with Crippen molar-refractivity contribution in [1.82, 2.24) is 14.9 Å². The fourth-order valence-electron chi connectivity index (χ4n) is 2.24. The molecule has 6 nitrogen and oxygen atoms in total. The van der Waals surface area contributed by atoms with Gasteiger partial charge in [-0.2, -0.15) is 0 Å². The van der Waals surface area contributed by atoms with Crippen molar-refractivity contribution in [2.45, 2.75) is 38.1 Å². The van der Waals surface area contributed by atoms with E-state index >= 15 is 0 Å². The minimum absolute atomic E-state index is 0.0114. The number of carbonyl (C=O) groups excluding carboxylic acids is 1. The van der Waals surface area contributed by atoms with E-state index in [-0.39, 0.29) is 11.6 Å². The third-order valence-electron chi connectivity index (χ3n) is 3.36. The molecule has 0 radical (unpaired) electrons. The van der Waals surface area contributed by atoms with Gasteiger partial charge in [-0.3, -0.25) is 14.2 Å². The van der Waals surface area contributed by atoms with E-state index < -0.39 is 17.2 Å². The Morgan fingerprint density at radius 2 is 2.00 bits per heavy atom. The van der Waals surface area contributed by atoms with Crippen LogP contribution in [0.2, 0.25) is 0 Å². The Kier molecular flexibility index (Phi) is 3.64. The number of rotatable bonds is 2. The van der Waals surface area contributed by atoms with Crippen molar-refractivity contribution in [3.63, 3.8) is 0 Å². The number of carbonyl (C=O) groups is 1. The molecule has 98 valence electrons. The first-order valence-corrected chi connectivity index (χ1v) is 6.19. The lowest BCUT2D eigenvalue weighted by atomic mass is 9.95. The minimum Gasteiger partial charge on any atom is -0.349 e. The number of nitrogens with one attached hydrogen (secondary N) is 2. The number of hydrogen-bond donors (Lipinski definition) is 2. The molecule has 2 N–H and O–H groups in total. The van der Waals surface area contributed by atoms with Gasteiger partial charge >= 0.3 is 5.69 Å². The molecule has 2 rings (SSSR count). The summed E-state index contributed by atoms with van der Waals surface area (Å²) < 4.78 is 0.899. The molecule has 1 aromatic heterocycles. The van der Waals surface area contributed by atoms with Crippen LogP contribution in [0.15, 0.2) is 15.8 Å². The SMILES string of the molecule is Cn1c(=O)[nH]cc(C(=O)NC2CCCCC2)c1=O. The van der Waals surface area contributed by atoms with Crippen LogP contribution < -0.4 is 16.6 Å². The Balaban J connectivity index is 2.16. The standard InChI is InChI=1S/C12H17N3O3/c1-15-11(17)9(7-13-12(15)18)10(16)14-8-5-3-2-4-6-8/h7-8H,2-6H2,1H3,(H,13,18)(H,14,16). The number of H-pyrrole nitrogens is 1. The second kappa shape index (κ2) is 5.20. The molecule has 0 unspecified atom stereocenters. The van der Waals surface area contributed by atoms with Crippen molar-refractivity contribution in [1.29, 1.82) is 0 Å². The molecule has 1 saturated carbocycles. The summed E-state index contributed by atoms with van der Waals surface area (Å²) in [7, 11) is 1.35. The van der Waals surface area contributed by atoms with E-state index in [2.05, 4.69) is 10.3 Å². The Bertz CT molecular complexity index is 552. The second-order valence-corrected chi connectivity index (χ2v) is 4.68. The maximum absolute atomic E-state index is 12.0. The molecule has 1 fully saturated rings. The summed E-state index contributed by atoms with van der Waals surface area (Å²) in [5.74, 6) is -0.404. The summed E-state index contributed by atoms with van der Waals surface area (Å²) >= 11 is 0. The molecular formula is C12H17N3O3. The van der Waals surface area contributed by atoms with Gasteiger partial charge in [0.25, 0.3) is 11.5 Å². The largest absolute Gasteiger partial charge is 0.349 e. The maximum atomic E-state index is 12.0. The normalized spacial score (nSPS) is 16.5. The van der Waals surface area contributed by atoms with Crippen LogP contribution in [0.1, 0.15) is 42.5 Å². The van der Waals surface area contributed by atoms with Crippen LogP contribution in [0.25, 0.3) is 0 Å². The monoisotopic (exact) mass is 251 g/mol. The average molecular weight is 251 g/mol. The molecule has 1 aromatic rings. The Hall–Kier alpha value is -1.85. The van der Waals surface area contributed by atoms with Gasteiger partial charge in [-0.25, -0.2) is 4.79 Å². The summed E-state index contributed by atoms with van der Waals surface area (Å²) in [6.45, 7) is 0. The van der Waals surface area contributed by atoms with Gasteiger partial charge in [-0.15, -0.1) is 0 Å². The van der Waals surface area contributed by atoms with E-state index in [9.17, 15) is 14.4 Å². The summed E-state index contributed by atoms with van der Waals surface area (Å²) in [4.78, 5) is 37.3. The predicted octanol–water partition coefficient (Wildman–Crippen LogP) is 0.136. The molecule has 1 aliphatic carbocycles. The third-order valence-corrected chi connectivity index (χ3v) is 3.36. The topological polar surface area (TPSA) is 84.0 Å². The van der Waals surface area contributed by atoms with Gasteiger partial charge in [0, 0.05) is 19.3 Å². The Morgan fingerprint density at radius 3 is 2.67 bits per heavy atom. The van der Waals surface area contributed by atoms with Crippen LogP contribution in [0.3, 0.4) is 0 Å². The van der Waals surface area contributed by atoms with Gasteiger partial charge in [0.15, 0.2) is 0 Å². The van der Waals surface area contributed by atoms with Gasteiger partial charge in [-0.05, 0) is 12.8 Å². The van der Waals surface area contributed by atoms with E-state index in [4.69, 9.17) is 0 Å². The van der Waals surface area contributed by atoms with E-state index in [1.807, 2.05) is 0 Å². The smallest absolute Gasteiger partial charge is 0.328 e. The average Bonchev–Trinajstić information content (AvgIpc) is 2.37. The zero-order chi connectivity index (χ0) is 13.1. The quantitative estimate of drug-likeness (QED) is 0.784. The highest BCUT2D eigenvalue weighted by Gasteiger charge is 2.19. The molecule has 1 amide bonds. The molecular weight excluding hydrogens is 234 g/mol. The van der Waals surface area contributed by atoms with Crippen molar-refractivity contribution >= 4 is 5.91 Å². The molecule has 0 aromatic carbocycles. The highest BCUT2D eigenvalue weighted by atomic mass is 16.2. The van der Waals surface area contributed by atoms with Crippen molar-refractivity contribution in [3.8, 4) is 0 Å². The molecule has 1 heterocycles. The van der Waals surface area contributed by atoms with Gasteiger partial charge in [0.2, 0.25) is 0 Å². The molecule has 0 bridgehead atoms. The number of hydrogen-bond acceptors (Lipinski definition) is 3. The first-order valence-electron chi connectivity index (χ1n) is 6.19. The summed E-state index contributed by atoms with van der Waals surface area (Å²) in [5, 5.41) is 2.85. The first-order chi connectivity index (χ1) is 8.59. The fraction of sp³-hybridized carbons (Fsp3) is 0.583. The van der Waals surface area contributed by atoms with E-state index in [0.717, 1.165) is 30.3 Å². The fourth-order valence-corrected chi connectivity index (χ4v) is 2.24. The zero-order valence-corrected chi connectivity index (χ0v) is 10.4. The lowest BCUT2D eigenvalue weighted by molar-refractivity contribution is 0.0925. The van der Waals surface area contributed by atoms with E-state index in [1.54, 1.807) is 0 Å². The molecule has 0 spiro atoms. The number of aromatic amines is 1. The van der Waals surface area contributed by atoms with Crippen LogP contribution in [0.5, 0.6) is 0 Å². The first kappa shape index (κ1) is 12.6. The van der Waals surface area contributed by atoms with Crippen LogP contribution in [0, 0.1) is 0 Å². The lowest BCUT2D eigenvalue weighted by Crippen LogP contribution is -2.42. The van der Waals surface area contributed by atoms with Crippen LogP contribution in [-0.2, 0) is 7.05 Å². The Labute approximate surface area is 104 Å². The van der Waals surface area contributed by atoms with Crippen LogP contribution >= 0.6 is 0 Å². The minimum atomic E-state index is -0.563. The number of aromatic nitrogens is 2. The van der Waals surface area contributed by atoms with Gasteiger partial charge < -0.3 is 10.3 Å². The van der Waals surface area contributed by atoms with E-state index in [1.165, 1.54) is 19.7 Å². The van der Waals surface area contributed by atoms with Gasteiger partial charge in [-0.1, -0.05) is 19.3 Å². The predicted molar refractivity (Wildman–Crippen MR) is 66.6 cm³/mol. The summed E-state index contributed by atoms with van der Waals surface area (Å²) in [6.07, 6.45) is 6.50. The van der Waals surface area contributed by atoms with Crippen molar-refractivity contribution in [2.75, 3.05) is 0 Å². The third kappa shape index (κ3) is 2.52. The number of amides is 1. The second-order valence-electron chi connectivity index (χ2n) is 4.68. The van der Waals surface area contributed by atoms with Crippen molar-refractivity contribution in [3.05, 3.63) is 32.6 Å². The molecule has 0 saturated heterocycles. The summed E-state index contributed by atoms with van der Waals surface area (Å²) in [6, 6.07) is 0.142. The zero-order valence-electron chi connectivity index (χ0n) is 10.4. The molecule has 6 heteroatoms. The van der Waals surface area contributed by atoms with Gasteiger partial charge in [0.05, 0.1) is 0 Å². The van der Waals surface area contributed by atoms with Crippen molar-refractivity contribution in [2.24, 2.45) is 7.05 Å². The molecule has 1 aliphatic rings. The highest BCUT2D eigenvalue weighted by Crippen LogP contribution is 2.17. The molecule has 0 atom stereocenters. The maximum Gasteiger partial charge on any atom is 0.328 e. The molecule has 0 aliphatic heterocycles. The van der Waals surface area contributed by atoms with Gasteiger partial charge in [0.1, 0.15) is 5.56 Å². The lowest BCUT2D eigenvalue weighted by Gasteiger charge is -2.22.